The summed E-state index contributed by atoms with van der Waals surface area (Å²) >= 11 is 5.98. The van der Waals surface area contributed by atoms with Crippen molar-refractivity contribution in [1.29, 1.82) is 0 Å². The third kappa shape index (κ3) is 2.43. The Kier molecular flexibility index (Phi) is 3.36. The average molecular weight is 254 g/mol. The molecule has 0 saturated heterocycles. The topological polar surface area (TPSA) is 62.5 Å². The van der Waals surface area contributed by atoms with Gasteiger partial charge in [-0.15, -0.1) is 0 Å². The highest BCUT2D eigenvalue weighted by atomic mass is 35.5. The summed E-state index contributed by atoms with van der Waals surface area (Å²) in [5.74, 6) is -0.895. The van der Waals surface area contributed by atoms with Gasteiger partial charge in [-0.05, 0) is 24.6 Å². The Labute approximate surface area is 103 Å². The molecule has 0 aliphatic rings. The van der Waals surface area contributed by atoms with Gasteiger partial charge in [0.15, 0.2) is 5.22 Å². The van der Waals surface area contributed by atoms with Crippen molar-refractivity contribution in [2.24, 2.45) is 0 Å². The lowest BCUT2D eigenvalue weighted by molar-refractivity contribution is -0.139. The molecule has 1 aromatic carbocycles. The molecule has 0 radical (unpaired) electrons. The number of fused-ring (bicyclic) bond motifs is 1. The molecular weight excluding hydrogens is 242 g/mol. The average Bonchev–Trinajstić information content (AvgIpc) is 2.61. The number of hydrogen-bond acceptors (Lipinski definition) is 3. The van der Waals surface area contributed by atoms with Gasteiger partial charge in [0.1, 0.15) is 11.6 Å². The van der Waals surface area contributed by atoms with E-state index < -0.39 is 12.0 Å². The summed E-state index contributed by atoms with van der Waals surface area (Å²) in [6.07, 6.45) is 0. The second-order valence-electron chi connectivity index (χ2n) is 3.79. The number of carbonyl (C=O) groups is 1. The Morgan fingerprint density at radius 2 is 2.24 bits per heavy atom. The Morgan fingerprint density at radius 3 is 2.94 bits per heavy atom. The van der Waals surface area contributed by atoms with Crippen LogP contribution in [0.2, 0.25) is 5.22 Å². The molecular formula is C12H12ClNO3. The van der Waals surface area contributed by atoms with Crippen LogP contribution in [0, 0.1) is 0 Å². The largest absolute Gasteiger partial charge is 0.480 e. The molecule has 2 aromatic rings. The minimum atomic E-state index is -0.895. The number of benzene rings is 1. The molecule has 0 spiro atoms. The van der Waals surface area contributed by atoms with E-state index in [9.17, 15) is 4.79 Å². The smallest absolute Gasteiger partial charge is 0.320 e. The first-order chi connectivity index (χ1) is 8.09. The predicted octanol–water partition coefficient (Wildman–Crippen LogP) is 2.65. The second kappa shape index (κ2) is 4.77. The first kappa shape index (κ1) is 12.0. The van der Waals surface area contributed by atoms with Gasteiger partial charge >= 0.3 is 5.97 Å². The van der Waals surface area contributed by atoms with Crippen molar-refractivity contribution in [3.63, 3.8) is 0 Å². The van der Waals surface area contributed by atoms with Crippen molar-refractivity contribution in [3.05, 3.63) is 35.0 Å². The SMILES string of the molecule is CC(NCc1c(Cl)oc2ccccc12)C(=O)O. The van der Waals surface area contributed by atoms with Crippen LogP contribution >= 0.6 is 11.6 Å². The third-order valence-electron chi connectivity index (χ3n) is 2.60. The van der Waals surface area contributed by atoms with Gasteiger partial charge in [-0.2, -0.15) is 0 Å². The zero-order valence-corrected chi connectivity index (χ0v) is 9.99. The van der Waals surface area contributed by atoms with E-state index in [2.05, 4.69) is 5.32 Å². The number of aliphatic carboxylic acids is 1. The van der Waals surface area contributed by atoms with Crippen LogP contribution in [0.4, 0.5) is 0 Å². The summed E-state index contributed by atoms with van der Waals surface area (Å²) in [6.45, 7) is 1.95. The van der Waals surface area contributed by atoms with Crippen LogP contribution in [0.5, 0.6) is 0 Å². The number of halogens is 1. The summed E-state index contributed by atoms with van der Waals surface area (Å²) in [4.78, 5) is 10.7. The monoisotopic (exact) mass is 253 g/mol. The molecule has 2 rings (SSSR count). The maximum absolute atomic E-state index is 10.7. The van der Waals surface area contributed by atoms with Crippen molar-refractivity contribution >= 4 is 28.5 Å². The Hall–Kier alpha value is -1.52. The second-order valence-corrected chi connectivity index (χ2v) is 4.13. The number of para-hydroxylation sites is 1. The number of rotatable bonds is 4. The van der Waals surface area contributed by atoms with E-state index in [0.717, 1.165) is 10.9 Å². The predicted molar refractivity (Wildman–Crippen MR) is 65.2 cm³/mol. The molecule has 0 bridgehead atoms. The zero-order chi connectivity index (χ0) is 12.4. The van der Waals surface area contributed by atoms with E-state index in [1.165, 1.54) is 0 Å². The van der Waals surface area contributed by atoms with E-state index in [1.54, 1.807) is 6.92 Å². The molecule has 0 fully saturated rings. The molecule has 5 heteroatoms. The fourth-order valence-corrected chi connectivity index (χ4v) is 1.83. The minimum Gasteiger partial charge on any atom is -0.480 e. The van der Waals surface area contributed by atoms with Gasteiger partial charge in [0.25, 0.3) is 0 Å². The van der Waals surface area contributed by atoms with Crippen LogP contribution in [0.1, 0.15) is 12.5 Å². The zero-order valence-electron chi connectivity index (χ0n) is 9.24. The molecule has 90 valence electrons. The van der Waals surface area contributed by atoms with Crippen molar-refractivity contribution in [2.45, 2.75) is 19.5 Å². The number of furan rings is 1. The van der Waals surface area contributed by atoms with Crippen LogP contribution in [-0.2, 0) is 11.3 Å². The molecule has 17 heavy (non-hydrogen) atoms. The van der Waals surface area contributed by atoms with E-state index in [0.29, 0.717) is 17.3 Å². The van der Waals surface area contributed by atoms with Gasteiger partial charge in [0.2, 0.25) is 0 Å². The van der Waals surface area contributed by atoms with E-state index in [-0.39, 0.29) is 0 Å². The molecule has 0 aliphatic heterocycles. The fraction of sp³-hybridized carbons (Fsp3) is 0.250. The Balaban J connectivity index is 2.23. The quantitative estimate of drug-likeness (QED) is 0.879. The summed E-state index contributed by atoms with van der Waals surface area (Å²) in [5, 5.41) is 12.9. The highest BCUT2D eigenvalue weighted by Gasteiger charge is 2.15. The van der Waals surface area contributed by atoms with E-state index in [1.807, 2.05) is 24.3 Å². The Bertz CT molecular complexity index is 550. The molecule has 0 aliphatic carbocycles. The maximum Gasteiger partial charge on any atom is 0.320 e. The molecule has 1 aromatic heterocycles. The summed E-state index contributed by atoms with van der Waals surface area (Å²) in [6, 6.07) is 6.84. The molecule has 1 atom stereocenters. The standard InChI is InChI=1S/C12H12ClNO3/c1-7(12(15)16)14-6-9-8-4-2-3-5-10(8)17-11(9)13/h2-5,7,14H,6H2,1H3,(H,15,16). The molecule has 2 N–H and O–H groups in total. The van der Waals surface area contributed by atoms with Gasteiger partial charge in [0, 0.05) is 17.5 Å². The number of nitrogens with one attached hydrogen (secondary N) is 1. The first-order valence-corrected chi connectivity index (χ1v) is 5.59. The summed E-state index contributed by atoms with van der Waals surface area (Å²) < 4.78 is 5.37. The van der Waals surface area contributed by atoms with Crippen LogP contribution in [0.25, 0.3) is 11.0 Å². The van der Waals surface area contributed by atoms with Gasteiger partial charge < -0.3 is 14.8 Å². The van der Waals surface area contributed by atoms with Gasteiger partial charge in [-0.1, -0.05) is 18.2 Å². The number of hydrogen-bond donors (Lipinski definition) is 2. The van der Waals surface area contributed by atoms with Crippen molar-refractivity contribution in [3.8, 4) is 0 Å². The summed E-state index contributed by atoms with van der Waals surface area (Å²) in [5.41, 5.74) is 1.49. The normalized spacial score (nSPS) is 12.8. The first-order valence-electron chi connectivity index (χ1n) is 5.21. The van der Waals surface area contributed by atoms with E-state index >= 15 is 0 Å². The molecule has 1 heterocycles. The highest BCUT2D eigenvalue weighted by Crippen LogP contribution is 2.29. The Morgan fingerprint density at radius 1 is 1.53 bits per heavy atom. The van der Waals surface area contributed by atoms with Crippen LogP contribution in [0.3, 0.4) is 0 Å². The molecule has 4 nitrogen and oxygen atoms in total. The molecule has 0 saturated carbocycles. The van der Waals surface area contributed by atoms with Gasteiger partial charge in [-0.25, -0.2) is 0 Å². The summed E-state index contributed by atoms with van der Waals surface area (Å²) in [7, 11) is 0. The van der Waals surface area contributed by atoms with Crippen molar-refractivity contribution in [2.75, 3.05) is 0 Å². The third-order valence-corrected chi connectivity index (χ3v) is 2.91. The molecule has 0 amide bonds. The lowest BCUT2D eigenvalue weighted by atomic mass is 10.1. The fourth-order valence-electron chi connectivity index (χ4n) is 1.58. The number of carboxylic acid groups (broad SMARTS) is 1. The van der Waals surface area contributed by atoms with Crippen LogP contribution < -0.4 is 5.32 Å². The van der Waals surface area contributed by atoms with Crippen molar-refractivity contribution < 1.29 is 14.3 Å². The van der Waals surface area contributed by atoms with Gasteiger partial charge in [0.05, 0.1) is 0 Å². The van der Waals surface area contributed by atoms with Crippen molar-refractivity contribution in [1.82, 2.24) is 5.32 Å². The minimum absolute atomic E-state index is 0.302. The van der Waals surface area contributed by atoms with Crippen LogP contribution in [-0.4, -0.2) is 17.1 Å². The van der Waals surface area contributed by atoms with Crippen LogP contribution in [0.15, 0.2) is 28.7 Å². The van der Waals surface area contributed by atoms with Gasteiger partial charge in [-0.3, -0.25) is 4.79 Å². The number of carboxylic acids is 1. The maximum atomic E-state index is 10.7. The van der Waals surface area contributed by atoms with E-state index in [4.69, 9.17) is 21.1 Å². The highest BCUT2D eigenvalue weighted by molar-refractivity contribution is 6.30. The lowest BCUT2D eigenvalue weighted by Crippen LogP contribution is -2.33. The lowest BCUT2D eigenvalue weighted by Gasteiger charge is -2.07. The molecule has 1 unspecified atom stereocenters.